The zero-order valence-corrected chi connectivity index (χ0v) is 28.1. The van der Waals surface area contributed by atoms with Crippen LogP contribution in [0.5, 0.6) is 11.5 Å². The Hall–Kier alpha value is -2.87. The van der Waals surface area contributed by atoms with Crippen LogP contribution in [-0.4, -0.2) is 103 Å². The minimum absolute atomic E-state index is 0.0359. The van der Waals surface area contributed by atoms with Gasteiger partial charge in [-0.3, -0.25) is 4.79 Å². The maximum absolute atomic E-state index is 14.3. The molecule has 0 atom stereocenters. The number of aromatic nitrogens is 2. The Kier molecular flexibility index (Phi) is 9.84. The standard InChI is InChI=1S/C33H48FN7O4S/c1-4-41(24(2)3)32(42)28-18-26(34)8-11-29(28)45-30-19-35-23-36-31(30)39-21-33(22-39)12-16-38(17-13-33)20-25-6-9-27(10-7-25)37-46(43,44)40-14-5-15-40/h8,11,18-19,23-25,27,37H,4-7,9-10,12-17,20-22H2,1-3H3. The number of halogens is 1. The molecule has 46 heavy (non-hydrogen) atoms. The summed E-state index contributed by atoms with van der Waals surface area (Å²) >= 11 is 0. The first-order valence-corrected chi connectivity index (χ1v) is 18.3. The van der Waals surface area contributed by atoms with Crippen LogP contribution in [0, 0.1) is 17.2 Å². The van der Waals surface area contributed by atoms with Crippen molar-refractivity contribution in [1.82, 2.24) is 28.8 Å². The van der Waals surface area contributed by atoms with E-state index in [2.05, 4.69) is 24.5 Å². The summed E-state index contributed by atoms with van der Waals surface area (Å²) in [6.45, 7) is 12.5. The third-order valence-electron chi connectivity index (χ3n) is 10.4. The maximum Gasteiger partial charge on any atom is 0.279 e. The Bertz CT molecular complexity index is 1480. The monoisotopic (exact) mass is 657 g/mol. The van der Waals surface area contributed by atoms with Crippen LogP contribution in [0.2, 0.25) is 0 Å². The van der Waals surface area contributed by atoms with Crippen LogP contribution in [0.25, 0.3) is 0 Å². The van der Waals surface area contributed by atoms with Crippen LogP contribution in [0.1, 0.15) is 76.1 Å². The van der Waals surface area contributed by atoms with Gasteiger partial charge in [-0.15, -0.1) is 0 Å². The number of hydrogen-bond donors (Lipinski definition) is 1. The molecular weight excluding hydrogens is 609 g/mol. The van der Waals surface area contributed by atoms with Crippen LogP contribution in [0.15, 0.2) is 30.7 Å². The van der Waals surface area contributed by atoms with Gasteiger partial charge in [-0.05, 0) is 103 Å². The number of benzene rings is 1. The fourth-order valence-corrected chi connectivity index (χ4v) is 9.02. The molecule has 1 saturated carbocycles. The molecule has 3 saturated heterocycles. The van der Waals surface area contributed by atoms with E-state index in [-0.39, 0.29) is 34.7 Å². The molecular formula is C33H48FN7O4S. The lowest BCUT2D eigenvalue weighted by molar-refractivity contribution is 0.0617. The average Bonchev–Trinajstić information content (AvgIpc) is 2.97. The second-order valence-corrected chi connectivity index (χ2v) is 15.6. The Morgan fingerprint density at radius 3 is 2.46 bits per heavy atom. The molecule has 1 aromatic heterocycles. The smallest absolute Gasteiger partial charge is 0.279 e. The van der Waals surface area contributed by atoms with Crippen molar-refractivity contribution >= 4 is 21.9 Å². The van der Waals surface area contributed by atoms with Crippen molar-refractivity contribution < 1.29 is 22.3 Å². The third-order valence-corrected chi connectivity index (χ3v) is 12.1. The number of hydrogen-bond acceptors (Lipinski definition) is 8. The number of anilines is 1. The normalized spacial score (nSPS) is 23.6. The first-order valence-electron chi connectivity index (χ1n) is 16.9. The van der Waals surface area contributed by atoms with E-state index in [0.29, 0.717) is 37.1 Å². The topological polar surface area (TPSA) is 111 Å². The summed E-state index contributed by atoms with van der Waals surface area (Å²) in [5.41, 5.74) is 0.417. The van der Waals surface area contributed by atoms with E-state index in [1.165, 1.54) is 24.5 Å². The number of carbonyl (C=O) groups excluding carboxylic acids is 1. The highest BCUT2D eigenvalue weighted by Gasteiger charge is 2.46. The zero-order chi connectivity index (χ0) is 32.5. The van der Waals surface area contributed by atoms with E-state index in [1.54, 1.807) is 15.4 Å². The number of likely N-dealkylation sites (tertiary alicyclic amines) is 1. The molecule has 0 bridgehead atoms. The van der Waals surface area contributed by atoms with Gasteiger partial charge in [0.25, 0.3) is 16.1 Å². The molecule has 4 aliphatic rings. The molecule has 0 radical (unpaired) electrons. The Morgan fingerprint density at radius 1 is 1.11 bits per heavy atom. The molecule has 4 fully saturated rings. The lowest BCUT2D eigenvalue weighted by Crippen LogP contribution is -2.61. The van der Waals surface area contributed by atoms with E-state index >= 15 is 0 Å². The molecule has 1 aromatic carbocycles. The van der Waals surface area contributed by atoms with Gasteiger partial charge >= 0.3 is 0 Å². The summed E-state index contributed by atoms with van der Waals surface area (Å²) in [5.74, 6) is 1.27. The summed E-state index contributed by atoms with van der Waals surface area (Å²) in [6.07, 6.45) is 10.3. The van der Waals surface area contributed by atoms with Gasteiger partial charge in [-0.25, -0.2) is 14.4 Å². The van der Waals surface area contributed by atoms with Gasteiger partial charge in [0.2, 0.25) is 0 Å². The van der Waals surface area contributed by atoms with E-state index in [9.17, 15) is 17.6 Å². The highest BCUT2D eigenvalue weighted by molar-refractivity contribution is 7.87. The average molecular weight is 658 g/mol. The largest absolute Gasteiger partial charge is 0.451 e. The highest BCUT2D eigenvalue weighted by atomic mass is 32.2. The summed E-state index contributed by atoms with van der Waals surface area (Å²) in [4.78, 5) is 28.5. The first kappa shape index (κ1) is 33.0. The molecule has 6 rings (SSSR count). The van der Waals surface area contributed by atoms with Crippen molar-refractivity contribution in [3.8, 4) is 11.5 Å². The summed E-state index contributed by atoms with van der Waals surface area (Å²) < 4.78 is 49.9. The fourth-order valence-electron chi connectivity index (χ4n) is 7.47. The van der Waals surface area contributed by atoms with E-state index in [1.807, 2.05) is 20.8 Å². The molecule has 13 heteroatoms. The third kappa shape index (κ3) is 7.17. The van der Waals surface area contributed by atoms with Crippen LogP contribution in [0.4, 0.5) is 10.2 Å². The number of ether oxygens (including phenoxy) is 1. The van der Waals surface area contributed by atoms with Gasteiger partial charge in [-0.2, -0.15) is 17.4 Å². The highest BCUT2D eigenvalue weighted by Crippen LogP contribution is 2.45. The Balaban J connectivity index is 1.01. The van der Waals surface area contributed by atoms with Gasteiger partial charge < -0.3 is 19.4 Å². The summed E-state index contributed by atoms with van der Waals surface area (Å²) in [7, 11) is -3.31. The second kappa shape index (κ2) is 13.7. The minimum atomic E-state index is -3.31. The van der Waals surface area contributed by atoms with E-state index < -0.39 is 16.0 Å². The molecule has 1 spiro atoms. The van der Waals surface area contributed by atoms with Gasteiger partial charge in [0.1, 0.15) is 17.9 Å². The maximum atomic E-state index is 14.3. The zero-order valence-electron chi connectivity index (χ0n) is 27.3. The molecule has 1 aliphatic carbocycles. The Morgan fingerprint density at radius 2 is 1.83 bits per heavy atom. The van der Waals surface area contributed by atoms with Crippen LogP contribution in [-0.2, 0) is 10.2 Å². The molecule has 1 N–H and O–H groups in total. The lowest BCUT2D eigenvalue weighted by atomic mass is 9.71. The number of nitrogens with zero attached hydrogens (tertiary/aromatic N) is 6. The van der Waals surface area contributed by atoms with Gasteiger partial charge in [0.05, 0.1) is 11.8 Å². The van der Waals surface area contributed by atoms with Crippen molar-refractivity contribution in [1.29, 1.82) is 0 Å². The number of carbonyl (C=O) groups is 1. The molecule has 4 heterocycles. The first-order chi connectivity index (χ1) is 22.1. The SMILES string of the molecule is CCN(C(=O)c1cc(F)ccc1Oc1cncnc1N1CC2(CCN(CC3CCC(NS(=O)(=O)N4CCC4)CC3)CC2)C1)C(C)C. The van der Waals surface area contributed by atoms with E-state index in [0.717, 1.165) is 77.7 Å². The van der Waals surface area contributed by atoms with Gasteiger partial charge in [0, 0.05) is 56.8 Å². The molecule has 11 nitrogen and oxygen atoms in total. The van der Waals surface area contributed by atoms with Crippen LogP contribution >= 0.6 is 0 Å². The number of amides is 1. The molecule has 0 unspecified atom stereocenters. The number of piperidine rings is 1. The van der Waals surface area contributed by atoms with Gasteiger partial charge in [0.15, 0.2) is 11.6 Å². The van der Waals surface area contributed by atoms with E-state index in [4.69, 9.17) is 4.74 Å². The van der Waals surface area contributed by atoms with Crippen LogP contribution in [0.3, 0.4) is 0 Å². The fraction of sp³-hybridized carbons (Fsp3) is 0.667. The number of nitrogens with one attached hydrogen (secondary N) is 1. The van der Waals surface area contributed by atoms with Crippen molar-refractivity contribution in [3.05, 3.63) is 42.1 Å². The lowest BCUT2D eigenvalue weighted by Gasteiger charge is -2.54. The quantitative estimate of drug-likeness (QED) is 0.382. The minimum Gasteiger partial charge on any atom is -0.451 e. The molecule has 2 aromatic rings. The van der Waals surface area contributed by atoms with Crippen molar-refractivity contribution in [2.75, 3.05) is 57.3 Å². The molecule has 3 aliphatic heterocycles. The molecule has 252 valence electrons. The van der Waals surface area contributed by atoms with Crippen molar-refractivity contribution in [3.63, 3.8) is 0 Å². The van der Waals surface area contributed by atoms with Crippen LogP contribution < -0.4 is 14.4 Å². The second-order valence-electron chi connectivity index (χ2n) is 13.9. The van der Waals surface area contributed by atoms with Gasteiger partial charge in [-0.1, -0.05) is 0 Å². The predicted octanol–water partition coefficient (Wildman–Crippen LogP) is 4.28. The molecule has 1 amide bonds. The van der Waals surface area contributed by atoms with Crippen molar-refractivity contribution in [2.24, 2.45) is 11.3 Å². The number of rotatable bonds is 11. The summed E-state index contributed by atoms with van der Waals surface area (Å²) in [5, 5.41) is 0. The van der Waals surface area contributed by atoms with Crippen molar-refractivity contribution in [2.45, 2.75) is 77.8 Å². The summed E-state index contributed by atoms with van der Waals surface area (Å²) in [6, 6.07) is 4.06. The Labute approximate surface area is 272 Å². The predicted molar refractivity (Wildman–Crippen MR) is 175 cm³/mol.